The van der Waals surface area contributed by atoms with E-state index in [1.165, 1.54) is 4.90 Å². The van der Waals surface area contributed by atoms with Gasteiger partial charge in [-0.05, 0) is 37.6 Å². The molecule has 4 heteroatoms. The Labute approximate surface area is 136 Å². The van der Waals surface area contributed by atoms with Gasteiger partial charge in [-0.2, -0.15) is 0 Å². The molecule has 2 atom stereocenters. The van der Waals surface area contributed by atoms with Crippen molar-refractivity contribution in [1.29, 1.82) is 0 Å². The molecule has 1 aliphatic heterocycles. The largest absolute Gasteiger partial charge is 0.351 e. The minimum absolute atomic E-state index is 0.183. The van der Waals surface area contributed by atoms with Crippen molar-refractivity contribution in [2.75, 3.05) is 11.4 Å². The highest BCUT2D eigenvalue weighted by atomic mass is 32.2. The van der Waals surface area contributed by atoms with Gasteiger partial charge in [0.25, 0.3) is 0 Å². The molecular weight excluding hydrogens is 292 g/mol. The predicted molar refractivity (Wildman–Crippen MR) is 92.5 cm³/mol. The van der Waals surface area contributed by atoms with Crippen LogP contribution in [0.3, 0.4) is 0 Å². The van der Waals surface area contributed by atoms with Gasteiger partial charge in [-0.25, -0.2) is 0 Å². The molecule has 0 fully saturated rings. The molecule has 0 spiro atoms. The number of rotatable bonds is 3. The van der Waals surface area contributed by atoms with Crippen molar-refractivity contribution < 1.29 is 4.79 Å². The lowest BCUT2D eigenvalue weighted by Crippen LogP contribution is -2.33. The summed E-state index contributed by atoms with van der Waals surface area (Å²) in [7, 11) is 0. The maximum Gasteiger partial charge on any atom is 0.229 e. The Bertz CT molecular complexity index is 638. The van der Waals surface area contributed by atoms with Crippen molar-refractivity contribution in [3.05, 3.63) is 48.8 Å². The number of benzene rings is 1. The third-order valence-electron chi connectivity index (χ3n) is 4.15. The highest BCUT2D eigenvalue weighted by Gasteiger charge is 2.25. The second kappa shape index (κ2) is 6.61. The summed E-state index contributed by atoms with van der Waals surface area (Å²) in [4.78, 5) is 16.0. The van der Waals surface area contributed by atoms with E-state index in [1.54, 1.807) is 0 Å². The quantitative estimate of drug-likeness (QED) is 0.841. The van der Waals surface area contributed by atoms with Crippen molar-refractivity contribution in [3.63, 3.8) is 0 Å². The van der Waals surface area contributed by atoms with Gasteiger partial charge in [0.1, 0.15) is 0 Å². The van der Waals surface area contributed by atoms with Crippen LogP contribution in [-0.4, -0.2) is 22.3 Å². The monoisotopic (exact) mass is 314 g/mol. The molecule has 22 heavy (non-hydrogen) atoms. The van der Waals surface area contributed by atoms with E-state index >= 15 is 0 Å². The van der Waals surface area contributed by atoms with Crippen LogP contribution in [-0.2, 0) is 4.79 Å². The summed E-state index contributed by atoms with van der Waals surface area (Å²) in [5, 5.41) is 0.542. The Hall–Kier alpha value is -1.68. The van der Waals surface area contributed by atoms with E-state index in [1.807, 2.05) is 47.3 Å². The van der Waals surface area contributed by atoms with Gasteiger partial charge in [0.2, 0.25) is 5.91 Å². The fourth-order valence-electron chi connectivity index (χ4n) is 2.86. The molecule has 2 heterocycles. The van der Waals surface area contributed by atoms with Gasteiger partial charge in [-0.1, -0.05) is 19.1 Å². The number of para-hydroxylation sites is 1. The Kier molecular flexibility index (Phi) is 4.57. The Balaban J connectivity index is 1.80. The molecule has 1 aromatic heterocycles. The zero-order valence-electron chi connectivity index (χ0n) is 13.1. The highest BCUT2D eigenvalue weighted by molar-refractivity contribution is 8.00. The smallest absolute Gasteiger partial charge is 0.229 e. The summed E-state index contributed by atoms with van der Waals surface area (Å²) in [6, 6.07) is 12.4. The highest BCUT2D eigenvalue weighted by Crippen LogP contribution is 2.37. The van der Waals surface area contributed by atoms with Crippen LogP contribution in [0.1, 0.15) is 32.7 Å². The van der Waals surface area contributed by atoms with Crippen LogP contribution in [0.25, 0.3) is 0 Å². The summed E-state index contributed by atoms with van der Waals surface area (Å²) in [5.74, 6) is 0.211. The maximum atomic E-state index is 12.8. The topological polar surface area (TPSA) is 25.2 Å². The maximum absolute atomic E-state index is 12.8. The lowest BCUT2D eigenvalue weighted by molar-refractivity contribution is -0.119. The molecule has 3 nitrogen and oxygen atoms in total. The van der Waals surface area contributed by atoms with Crippen molar-refractivity contribution in [2.45, 2.75) is 42.9 Å². The minimum atomic E-state index is 0.183. The lowest BCUT2D eigenvalue weighted by Gasteiger charge is -2.24. The van der Waals surface area contributed by atoms with Crippen LogP contribution < -0.4 is 4.90 Å². The number of amides is 1. The van der Waals surface area contributed by atoms with Gasteiger partial charge in [0, 0.05) is 41.5 Å². The van der Waals surface area contributed by atoms with E-state index < -0.39 is 0 Å². The fourth-order valence-corrected chi connectivity index (χ4v) is 3.97. The van der Waals surface area contributed by atoms with E-state index in [0.717, 1.165) is 18.7 Å². The average molecular weight is 314 g/mol. The molecule has 0 radical (unpaired) electrons. The first-order valence-corrected chi connectivity index (χ1v) is 8.71. The number of nitrogens with zero attached hydrogens (tertiary/aromatic N) is 2. The van der Waals surface area contributed by atoms with Crippen molar-refractivity contribution in [2.24, 2.45) is 0 Å². The van der Waals surface area contributed by atoms with E-state index in [-0.39, 0.29) is 11.9 Å². The summed E-state index contributed by atoms with van der Waals surface area (Å²) in [6.45, 7) is 5.14. The molecule has 1 aromatic carbocycles. The first kappa shape index (κ1) is 15.2. The molecule has 0 saturated carbocycles. The number of fused-ring (bicyclic) bond motifs is 1. The number of anilines is 1. The molecule has 2 unspecified atom stereocenters. The fraction of sp³-hybridized carbons (Fsp3) is 0.389. The lowest BCUT2D eigenvalue weighted by atomic mass is 10.1. The van der Waals surface area contributed by atoms with Crippen molar-refractivity contribution in [3.8, 4) is 0 Å². The minimum Gasteiger partial charge on any atom is -0.351 e. The van der Waals surface area contributed by atoms with E-state index in [4.69, 9.17) is 0 Å². The standard InChI is InChI=1S/C18H22N2OS/c1-14(19-10-5-6-11-19)13-18(21)20-12-9-15(2)22-17-8-4-3-7-16(17)20/h3-8,10-11,14-15H,9,12-13H2,1-2H3. The first-order chi connectivity index (χ1) is 10.6. The SMILES string of the molecule is CC1CCN(C(=O)CC(C)n2cccc2)c2ccccc2S1. The molecule has 2 aromatic rings. The van der Waals surface area contributed by atoms with Crippen LogP contribution in [0, 0.1) is 0 Å². The first-order valence-electron chi connectivity index (χ1n) is 7.83. The Morgan fingerprint density at radius 2 is 2.00 bits per heavy atom. The van der Waals surface area contributed by atoms with E-state index in [0.29, 0.717) is 11.7 Å². The number of thioether (sulfide) groups is 1. The molecule has 0 saturated heterocycles. The summed E-state index contributed by atoms with van der Waals surface area (Å²) in [5.41, 5.74) is 1.07. The van der Waals surface area contributed by atoms with Gasteiger partial charge in [0.15, 0.2) is 0 Å². The second-order valence-corrected chi connectivity index (χ2v) is 7.39. The number of carbonyl (C=O) groups excluding carboxylic acids is 1. The van der Waals surface area contributed by atoms with Crippen LogP contribution in [0.5, 0.6) is 0 Å². The summed E-state index contributed by atoms with van der Waals surface area (Å²) < 4.78 is 2.10. The molecule has 0 bridgehead atoms. The van der Waals surface area contributed by atoms with Gasteiger partial charge >= 0.3 is 0 Å². The third-order valence-corrected chi connectivity index (χ3v) is 5.39. The molecule has 116 valence electrons. The molecule has 0 aliphatic carbocycles. The van der Waals surface area contributed by atoms with Crippen LogP contribution in [0.4, 0.5) is 5.69 Å². The number of hydrogen-bond donors (Lipinski definition) is 0. The molecule has 1 amide bonds. The van der Waals surface area contributed by atoms with Gasteiger partial charge in [-0.3, -0.25) is 4.79 Å². The summed E-state index contributed by atoms with van der Waals surface area (Å²) >= 11 is 1.87. The van der Waals surface area contributed by atoms with E-state index in [2.05, 4.69) is 36.6 Å². The number of hydrogen-bond acceptors (Lipinski definition) is 2. The third kappa shape index (κ3) is 3.22. The van der Waals surface area contributed by atoms with Gasteiger partial charge < -0.3 is 9.47 Å². The van der Waals surface area contributed by atoms with Gasteiger partial charge in [0.05, 0.1) is 5.69 Å². The summed E-state index contributed by atoms with van der Waals surface area (Å²) in [6.07, 6.45) is 5.60. The zero-order valence-corrected chi connectivity index (χ0v) is 13.9. The Morgan fingerprint density at radius 3 is 2.77 bits per heavy atom. The molecule has 3 rings (SSSR count). The molecule has 1 aliphatic rings. The molecular formula is C18H22N2OS. The Morgan fingerprint density at radius 1 is 1.27 bits per heavy atom. The number of carbonyl (C=O) groups is 1. The normalized spacial score (nSPS) is 19.4. The van der Waals surface area contributed by atoms with Crippen molar-refractivity contribution >= 4 is 23.4 Å². The van der Waals surface area contributed by atoms with Crippen LogP contribution in [0.2, 0.25) is 0 Å². The number of aromatic nitrogens is 1. The molecule has 0 N–H and O–H groups in total. The second-order valence-electron chi connectivity index (χ2n) is 5.91. The predicted octanol–water partition coefficient (Wildman–Crippen LogP) is 4.36. The van der Waals surface area contributed by atoms with E-state index in [9.17, 15) is 4.79 Å². The van der Waals surface area contributed by atoms with Crippen LogP contribution >= 0.6 is 11.8 Å². The van der Waals surface area contributed by atoms with Crippen molar-refractivity contribution in [1.82, 2.24) is 4.57 Å². The van der Waals surface area contributed by atoms with Crippen LogP contribution in [0.15, 0.2) is 53.7 Å². The average Bonchev–Trinajstić information content (AvgIpc) is 2.97. The van der Waals surface area contributed by atoms with Gasteiger partial charge in [-0.15, -0.1) is 11.8 Å². The zero-order chi connectivity index (χ0) is 15.5.